The van der Waals surface area contributed by atoms with Crippen molar-refractivity contribution in [3.05, 3.63) is 24.3 Å². The molecular formula is C17H28O3. The Morgan fingerprint density at radius 3 is 2.35 bits per heavy atom. The average molecular weight is 280 g/mol. The predicted octanol–water partition coefficient (Wildman–Crippen LogP) is 3.92. The second kappa shape index (κ2) is 10.7. The summed E-state index contributed by atoms with van der Waals surface area (Å²) in [6, 6.07) is 0. The quantitative estimate of drug-likeness (QED) is 0.285. The maximum absolute atomic E-state index is 11.4. The molecule has 0 aliphatic carbocycles. The van der Waals surface area contributed by atoms with Crippen molar-refractivity contribution >= 4 is 5.97 Å². The van der Waals surface area contributed by atoms with Gasteiger partial charge in [0.05, 0.1) is 6.10 Å². The van der Waals surface area contributed by atoms with Crippen molar-refractivity contribution in [3.63, 3.8) is 0 Å². The Kier molecular flexibility index (Phi) is 9.05. The second-order valence-electron chi connectivity index (χ2n) is 5.53. The van der Waals surface area contributed by atoms with Gasteiger partial charge in [-0.05, 0) is 25.7 Å². The summed E-state index contributed by atoms with van der Waals surface area (Å²) < 4.78 is 4.88. The number of aliphatic hydroxyl groups is 1. The van der Waals surface area contributed by atoms with Crippen LogP contribution in [0.1, 0.15) is 64.2 Å². The molecule has 1 saturated heterocycles. The van der Waals surface area contributed by atoms with Gasteiger partial charge in [-0.1, -0.05) is 44.3 Å². The van der Waals surface area contributed by atoms with Crippen molar-refractivity contribution in [2.75, 3.05) is 6.61 Å². The molecule has 3 nitrogen and oxygen atoms in total. The number of rotatable bonds is 10. The molecule has 114 valence electrons. The summed E-state index contributed by atoms with van der Waals surface area (Å²) in [6.07, 6.45) is 14.7. The summed E-state index contributed by atoms with van der Waals surface area (Å²) in [5.41, 5.74) is 0.646. The van der Waals surface area contributed by atoms with E-state index < -0.39 is 6.10 Å². The van der Waals surface area contributed by atoms with Crippen molar-refractivity contribution in [1.29, 1.82) is 0 Å². The molecule has 0 aromatic carbocycles. The molecule has 1 fully saturated rings. The minimum absolute atomic E-state index is 0.141. The third-order valence-corrected chi connectivity index (χ3v) is 3.63. The number of esters is 1. The highest BCUT2D eigenvalue weighted by molar-refractivity contribution is 5.89. The van der Waals surface area contributed by atoms with Crippen LogP contribution in [0, 0.1) is 0 Å². The number of carbonyl (C=O) groups excluding carboxylic acids is 1. The average Bonchev–Trinajstić information content (AvgIpc) is 2.44. The second-order valence-corrected chi connectivity index (χ2v) is 5.53. The summed E-state index contributed by atoms with van der Waals surface area (Å²) in [6.45, 7) is 3.86. The number of hydrogen-bond acceptors (Lipinski definition) is 3. The lowest BCUT2D eigenvalue weighted by molar-refractivity contribution is -0.146. The zero-order valence-electron chi connectivity index (χ0n) is 12.5. The maximum atomic E-state index is 11.4. The Morgan fingerprint density at radius 2 is 1.70 bits per heavy atom. The van der Waals surface area contributed by atoms with Crippen LogP contribution in [0.15, 0.2) is 24.3 Å². The fourth-order valence-corrected chi connectivity index (χ4v) is 2.42. The lowest BCUT2D eigenvalue weighted by atomic mass is 10.0. The minimum atomic E-state index is -0.519. The molecule has 20 heavy (non-hydrogen) atoms. The van der Waals surface area contributed by atoms with E-state index in [0.29, 0.717) is 12.0 Å². The van der Waals surface area contributed by atoms with Gasteiger partial charge in [-0.2, -0.15) is 0 Å². The van der Waals surface area contributed by atoms with Crippen LogP contribution < -0.4 is 0 Å². The predicted molar refractivity (Wildman–Crippen MR) is 81.4 cm³/mol. The Morgan fingerprint density at radius 1 is 1.10 bits per heavy atom. The molecule has 0 bridgehead atoms. The van der Waals surface area contributed by atoms with Gasteiger partial charge in [0, 0.05) is 12.0 Å². The molecule has 1 heterocycles. The first-order valence-electron chi connectivity index (χ1n) is 7.89. The number of cyclic esters (lactones) is 1. The van der Waals surface area contributed by atoms with E-state index in [1.54, 1.807) is 0 Å². The van der Waals surface area contributed by atoms with E-state index in [-0.39, 0.29) is 12.6 Å². The summed E-state index contributed by atoms with van der Waals surface area (Å²) in [5.74, 6) is -0.252. The van der Waals surface area contributed by atoms with E-state index >= 15 is 0 Å². The van der Waals surface area contributed by atoms with E-state index in [4.69, 9.17) is 4.74 Å². The van der Waals surface area contributed by atoms with Gasteiger partial charge in [-0.15, -0.1) is 6.58 Å². The first-order valence-corrected chi connectivity index (χ1v) is 7.89. The Balaban J connectivity index is 1.98. The molecule has 0 aromatic heterocycles. The van der Waals surface area contributed by atoms with Gasteiger partial charge < -0.3 is 9.84 Å². The van der Waals surface area contributed by atoms with Crippen LogP contribution in [0.4, 0.5) is 0 Å². The van der Waals surface area contributed by atoms with Crippen LogP contribution in [0.3, 0.4) is 0 Å². The number of aliphatic hydroxyl groups excluding tert-OH is 1. The molecule has 0 radical (unpaired) electrons. The molecule has 1 atom stereocenters. The number of unbranched alkanes of at least 4 members (excludes halogenated alkanes) is 8. The highest BCUT2D eigenvalue weighted by Gasteiger charge is 2.22. The van der Waals surface area contributed by atoms with Crippen molar-refractivity contribution in [2.24, 2.45) is 0 Å². The Labute approximate surface area is 122 Å². The van der Waals surface area contributed by atoms with E-state index in [2.05, 4.69) is 6.58 Å². The monoisotopic (exact) mass is 280 g/mol. The van der Waals surface area contributed by atoms with E-state index in [1.165, 1.54) is 38.5 Å². The molecule has 1 N–H and O–H groups in total. The van der Waals surface area contributed by atoms with Gasteiger partial charge in [-0.3, -0.25) is 0 Å². The molecule has 1 rings (SSSR count). The SMILES string of the molecule is C=CCCCCCCCCC/C=C1\CC(O)COC1=O. The summed E-state index contributed by atoms with van der Waals surface area (Å²) in [4.78, 5) is 11.4. The van der Waals surface area contributed by atoms with Crippen molar-refractivity contribution in [1.82, 2.24) is 0 Å². The molecule has 0 amide bonds. The zero-order valence-corrected chi connectivity index (χ0v) is 12.5. The molecule has 0 saturated carbocycles. The van der Waals surface area contributed by atoms with Crippen LogP contribution in [0.5, 0.6) is 0 Å². The van der Waals surface area contributed by atoms with Crippen LogP contribution >= 0.6 is 0 Å². The number of carbonyl (C=O) groups is 1. The molecule has 1 unspecified atom stereocenters. The largest absolute Gasteiger partial charge is 0.460 e. The third kappa shape index (κ3) is 7.49. The minimum Gasteiger partial charge on any atom is -0.460 e. The maximum Gasteiger partial charge on any atom is 0.333 e. The first kappa shape index (κ1) is 17.0. The van der Waals surface area contributed by atoms with E-state index in [1.807, 2.05) is 12.2 Å². The van der Waals surface area contributed by atoms with Gasteiger partial charge in [0.1, 0.15) is 6.61 Å². The molecule has 3 heteroatoms. The Hall–Kier alpha value is -1.09. The summed E-state index contributed by atoms with van der Waals surface area (Å²) in [5, 5.41) is 9.43. The fourth-order valence-electron chi connectivity index (χ4n) is 2.42. The fraction of sp³-hybridized carbons (Fsp3) is 0.706. The summed E-state index contributed by atoms with van der Waals surface area (Å²) >= 11 is 0. The molecule has 1 aliphatic rings. The van der Waals surface area contributed by atoms with Crippen LogP contribution in [-0.2, 0) is 9.53 Å². The molecule has 0 aromatic rings. The number of allylic oxidation sites excluding steroid dienone is 2. The normalized spacial score (nSPS) is 20.9. The van der Waals surface area contributed by atoms with E-state index in [9.17, 15) is 9.90 Å². The van der Waals surface area contributed by atoms with Crippen molar-refractivity contribution in [2.45, 2.75) is 70.3 Å². The molecule has 1 aliphatic heterocycles. The Bertz CT molecular complexity index is 320. The van der Waals surface area contributed by atoms with Crippen LogP contribution in [0.2, 0.25) is 0 Å². The van der Waals surface area contributed by atoms with Crippen molar-refractivity contribution in [3.8, 4) is 0 Å². The van der Waals surface area contributed by atoms with Gasteiger partial charge in [0.15, 0.2) is 0 Å². The smallest absolute Gasteiger partial charge is 0.333 e. The first-order chi connectivity index (χ1) is 9.74. The lowest BCUT2D eigenvalue weighted by Crippen LogP contribution is -2.27. The van der Waals surface area contributed by atoms with Crippen LogP contribution in [0.25, 0.3) is 0 Å². The molecular weight excluding hydrogens is 252 g/mol. The van der Waals surface area contributed by atoms with Gasteiger partial charge in [-0.25, -0.2) is 4.79 Å². The van der Waals surface area contributed by atoms with E-state index in [0.717, 1.165) is 19.3 Å². The third-order valence-electron chi connectivity index (χ3n) is 3.63. The standard InChI is InChI=1S/C17H28O3/c1-2-3-4-5-6-7-8-9-10-11-12-15-13-16(18)14-20-17(15)19/h2,12,16,18H,1,3-11,13-14H2/b15-12+. The molecule has 0 spiro atoms. The topological polar surface area (TPSA) is 46.5 Å². The number of ether oxygens (including phenoxy) is 1. The zero-order chi connectivity index (χ0) is 14.6. The van der Waals surface area contributed by atoms with Gasteiger partial charge in [0.25, 0.3) is 0 Å². The number of hydrogen-bond donors (Lipinski definition) is 1. The van der Waals surface area contributed by atoms with Gasteiger partial charge >= 0.3 is 5.97 Å². The van der Waals surface area contributed by atoms with Gasteiger partial charge in [0.2, 0.25) is 0 Å². The highest BCUT2D eigenvalue weighted by atomic mass is 16.5. The summed E-state index contributed by atoms with van der Waals surface area (Å²) in [7, 11) is 0. The van der Waals surface area contributed by atoms with Crippen LogP contribution in [-0.4, -0.2) is 23.8 Å². The lowest BCUT2D eigenvalue weighted by Gasteiger charge is -2.19. The van der Waals surface area contributed by atoms with Crippen molar-refractivity contribution < 1.29 is 14.6 Å². The highest BCUT2D eigenvalue weighted by Crippen LogP contribution is 2.17.